The minimum Gasteiger partial charge on any atom is -0.368 e. The van der Waals surface area contributed by atoms with E-state index in [1.807, 2.05) is 6.07 Å². The molecule has 3 aromatic heterocycles. The maximum atomic E-state index is 10.9. The van der Waals surface area contributed by atoms with Gasteiger partial charge in [-0.1, -0.05) is 23.4 Å². The van der Waals surface area contributed by atoms with Crippen molar-refractivity contribution in [1.29, 1.82) is 0 Å². The summed E-state index contributed by atoms with van der Waals surface area (Å²) in [6, 6.07) is 11.7. The molecule has 0 aliphatic carbocycles. The summed E-state index contributed by atoms with van der Waals surface area (Å²) < 4.78 is 1.53. The first-order valence-corrected chi connectivity index (χ1v) is 7.63. The molecular formula is C16H12N8O2. The third kappa shape index (κ3) is 2.79. The zero-order chi connectivity index (χ0) is 18.1. The second-order valence-electron chi connectivity index (χ2n) is 5.49. The molecule has 0 saturated carbocycles. The number of anilines is 1. The molecule has 128 valence electrons. The zero-order valence-corrected chi connectivity index (χ0v) is 13.4. The van der Waals surface area contributed by atoms with Crippen LogP contribution in [-0.4, -0.2) is 34.9 Å². The fraction of sp³-hybridized carbons (Fsp3) is 0.0625. The molecule has 3 heterocycles. The van der Waals surface area contributed by atoms with Crippen molar-refractivity contribution in [2.24, 2.45) is 0 Å². The lowest BCUT2D eigenvalue weighted by Gasteiger charge is -2.04. The zero-order valence-electron chi connectivity index (χ0n) is 13.4. The largest absolute Gasteiger partial charge is 0.368 e. The van der Waals surface area contributed by atoms with E-state index in [1.54, 1.807) is 30.5 Å². The van der Waals surface area contributed by atoms with E-state index in [9.17, 15) is 10.1 Å². The van der Waals surface area contributed by atoms with Crippen LogP contribution in [0.1, 0.15) is 5.56 Å². The van der Waals surface area contributed by atoms with Crippen molar-refractivity contribution >= 4 is 22.8 Å². The van der Waals surface area contributed by atoms with E-state index in [4.69, 9.17) is 5.73 Å². The van der Waals surface area contributed by atoms with Gasteiger partial charge in [-0.15, -0.1) is 5.10 Å². The van der Waals surface area contributed by atoms with Crippen molar-refractivity contribution in [1.82, 2.24) is 29.9 Å². The monoisotopic (exact) mass is 348 g/mol. The molecule has 1 aromatic carbocycles. The highest BCUT2D eigenvalue weighted by Gasteiger charge is 2.16. The van der Waals surface area contributed by atoms with Crippen molar-refractivity contribution < 1.29 is 4.92 Å². The Morgan fingerprint density at radius 2 is 2.04 bits per heavy atom. The van der Waals surface area contributed by atoms with Gasteiger partial charge in [0.05, 0.1) is 17.2 Å². The van der Waals surface area contributed by atoms with Crippen LogP contribution in [0.4, 0.5) is 11.6 Å². The Kier molecular flexibility index (Phi) is 3.69. The average Bonchev–Trinajstić information content (AvgIpc) is 3.04. The van der Waals surface area contributed by atoms with E-state index in [0.717, 1.165) is 0 Å². The standard InChI is InChI=1S/C16H12N8O2/c17-16-19-13(12-6-1-2-7-18-12)14-15(20-16)23(22-21-14)9-10-4-3-5-11(8-10)24(25)26/h1-8H,9H2,(H2,17,19,20). The molecule has 0 fully saturated rings. The van der Waals surface area contributed by atoms with Gasteiger partial charge < -0.3 is 5.73 Å². The number of hydrogen-bond acceptors (Lipinski definition) is 8. The van der Waals surface area contributed by atoms with E-state index in [1.165, 1.54) is 16.8 Å². The Labute approximate surface area is 146 Å². The van der Waals surface area contributed by atoms with Crippen LogP contribution >= 0.6 is 0 Å². The van der Waals surface area contributed by atoms with Gasteiger partial charge in [0.25, 0.3) is 5.69 Å². The minimum atomic E-state index is -0.442. The van der Waals surface area contributed by atoms with Crippen LogP contribution in [0.2, 0.25) is 0 Å². The van der Waals surface area contributed by atoms with Gasteiger partial charge in [0.15, 0.2) is 11.2 Å². The van der Waals surface area contributed by atoms with E-state index in [2.05, 4.69) is 25.3 Å². The van der Waals surface area contributed by atoms with Gasteiger partial charge >= 0.3 is 0 Å². The number of nitro benzene ring substituents is 1. The molecule has 0 amide bonds. The SMILES string of the molecule is Nc1nc(-c2ccccn2)c2nnn(Cc3cccc([N+](=O)[O-])c3)c2n1. The molecule has 26 heavy (non-hydrogen) atoms. The summed E-state index contributed by atoms with van der Waals surface area (Å²) in [5.41, 5.74) is 8.53. The summed E-state index contributed by atoms with van der Waals surface area (Å²) in [5.74, 6) is 0.0701. The molecule has 0 radical (unpaired) electrons. The minimum absolute atomic E-state index is 0.00948. The van der Waals surface area contributed by atoms with Crippen LogP contribution in [0.15, 0.2) is 48.7 Å². The number of nitrogen functional groups attached to an aromatic ring is 1. The van der Waals surface area contributed by atoms with Gasteiger partial charge in [0, 0.05) is 18.3 Å². The molecule has 0 atom stereocenters. The van der Waals surface area contributed by atoms with Crippen molar-refractivity contribution in [3.63, 3.8) is 0 Å². The quantitative estimate of drug-likeness (QED) is 0.435. The summed E-state index contributed by atoms with van der Waals surface area (Å²) in [6.45, 7) is 0.260. The summed E-state index contributed by atoms with van der Waals surface area (Å²) in [7, 11) is 0. The number of rotatable bonds is 4. The Morgan fingerprint density at radius 3 is 2.81 bits per heavy atom. The van der Waals surface area contributed by atoms with Crippen LogP contribution in [-0.2, 0) is 6.54 Å². The lowest BCUT2D eigenvalue weighted by Crippen LogP contribution is -2.05. The lowest BCUT2D eigenvalue weighted by atomic mass is 10.2. The smallest absolute Gasteiger partial charge is 0.269 e. The molecule has 10 nitrogen and oxygen atoms in total. The molecule has 2 N–H and O–H groups in total. The lowest BCUT2D eigenvalue weighted by molar-refractivity contribution is -0.384. The summed E-state index contributed by atoms with van der Waals surface area (Å²) in [5, 5.41) is 19.2. The summed E-state index contributed by atoms with van der Waals surface area (Å²) in [6.07, 6.45) is 1.65. The molecule has 4 aromatic rings. The number of nitrogens with two attached hydrogens (primary N) is 1. The number of hydrogen-bond donors (Lipinski definition) is 1. The van der Waals surface area contributed by atoms with Gasteiger partial charge in [-0.25, -0.2) is 9.67 Å². The van der Waals surface area contributed by atoms with Crippen LogP contribution in [0, 0.1) is 10.1 Å². The number of non-ortho nitro benzene ring substituents is 1. The molecule has 0 unspecified atom stereocenters. The Morgan fingerprint density at radius 1 is 1.15 bits per heavy atom. The van der Waals surface area contributed by atoms with Crippen LogP contribution in [0.25, 0.3) is 22.6 Å². The fourth-order valence-corrected chi connectivity index (χ4v) is 2.60. The highest BCUT2D eigenvalue weighted by Crippen LogP contribution is 2.24. The predicted octanol–water partition coefficient (Wildman–Crippen LogP) is 1.82. The van der Waals surface area contributed by atoms with E-state index in [-0.39, 0.29) is 18.2 Å². The highest BCUT2D eigenvalue weighted by atomic mass is 16.6. The van der Waals surface area contributed by atoms with Crippen LogP contribution in [0.5, 0.6) is 0 Å². The normalized spacial score (nSPS) is 10.9. The number of fused-ring (bicyclic) bond motifs is 1. The first-order valence-electron chi connectivity index (χ1n) is 7.63. The highest BCUT2D eigenvalue weighted by molar-refractivity contribution is 5.86. The molecule has 0 saturated heterocycles. The van der Waals surface area contributed by atoms with Gasteiger partial charge in [-0.3, -0.25) is 15.1 Å². The maximum absolute atomic E-state index is 10.9. The van der Waals surface area contributed by atoms with E-state index in [0.29, 0.717) is 28.1 Å². The van der Waals surface area contributed by atoms with E-state index < -0.39 is 4.92 Å². The molecule has 0 aliphatic rings. The third-order valence-electron chi connectivity index (χ3n) is 3.74. The Bertz CT molecular complexity index is 1110. The molecule has 0 aliphatic heterocycles. The molecule has 10 heteroatoms. The number of benzene rings is 1. The Balaban J connectivity index is 1.79. The average molecular weight is 348 g/mol. The topological polar surface area (TPSA) is 139 Å². The first-order chi connectivity index (χ1) is 12.6. The fourth-order valence-electron chi connectivity index (χ4n) is 2.60. The van der Waals surface area contributed by atoms with Crippen molar-refractivity contribution in [2.45, 2.75) is 6.54 Å². The van der Waals surface area contributed by atoms with Crippen molar-refractivity contribution in [2.75, 3.05) is 5.73 Å². The first kappa shape index (κ1) is 15.6. The van der Waals surface area contributed by atoms with Gasteiger partial charge in [0.1, 0.15) is 5.69 Å². The number of nitro groups is 1. The number of aromatic nitrogens is 6. The molecular weight excluding hydrogens is 336 g/mol. The van der Waals surface area contributed by atoms with Crippen molar-refractivity contribution in [3.8, 4) is 11.4 Å². The second-order valence-corrected chi connectivity index (χ2v) is 5.49. The van der Waals surface area contributed by atoms with Gasteiger partial charge in [0.2, 0.25) is 5.95 Å². The van der Waals surface area contributed by atoms with Gasteiger partial charge in [-0.05, 0) is 17.7 Å². The third-order valence-corrected chi connectivity index (χ3v) is 3.74. The molecule has 0 spiro atoms. The number of nitrogens with zero attached hydrogens (tertiary/aromatic N) is 7. The van der Waals surface area contributed by atoms with Crippen LogP contribution in [0.3, 0.4) is 0 Å². The molecule has 0 bridgehead atoms. The van der Waals surface area contributed by atoms with E-state index >= 15 is 0 Å². The molecule has 4 rings (SSSR count). The predicted molar refractivity (Wildman–Crippen MR) is 93.0 cm³/mol. The number of pyridine rings is 1. The maximum Gasteiger partial charge on any atom is 0.269 e. The van der Waals surface area contributed by atoms with Crippen LogP contribution < -0.4 is 5.73 Å². The van der Waals surface area contributed by atoms with Crippen molar-refractivity contribution in [3.05, 3.63) is 64.3 Å². The Hall–Kier alpha value is -3.95. The summed E-state index contributed by atoms with van der Waals surface area (Å²) >= 11 is 0. The summed E-state index contributed by atoms with van der Waals surface area (Å²) in [4.78, 5) is 23.2. The second kappa shape index (κ2) is 6.16. The van der Waals surface area contributed by atoms with Gasteiger partial charge in [-0.2, -0.15) is 4.98 Å².